The van der Waals surface area contributed by atoms with Crippen LogP contribution in [0.1, 0.15) is 11.3 Å². The van der Waals surface area contributed by atoms with Gasteiger partial charge in [0.15, 0.2) is 4.77 Å². The van der Waals surface area contributed by atoms with E-state index in [0.29, 0.717) is 4.77 Å². The van der Waals surface area contributed by atoms with Gasteiger partial charge in [0, 0.05) is 11.3 Å². The minimum atomic E-state index is 0.702. The standard InChI is InChI=1S/C12H12N2OS/c1-15-8-3-4-9-7(6-8)2-5-10-11(9)14-12(16)13-10/h3-4,6H,2,5H2,1H3,(H2,13,14,16). The summed E-state index contributed by atoms with van der Waals surface area (Å²) in [7, 11) is 1.69. The third kappa shape index (κ3) is 1.38. The van der Waals surface area contributed by atoms with Crippen molar-refractivity contribution < 1.29 is 4.74 Å². The van der Waals surface area contributed by atoms with Gasteiger partial charge in [-0.3, -0.25) is 0 Å². The van der Waals surface area contributed by atoms with Gasteiger partial charge in [-0.25, -0.2) is 0 Å². The fraction of sp³-hybridized carbons (Fsp3) is 0.250. The number of ether oxygens (including phenoxy) is 1. The molecular formula is C12H12N2OS. The third-order valence-electron chi connectivity index (χ3n) is 3.03. The van der Waals surface area contributed by atoms with Gasteiger partial charge in [0.1, 0.15) is 5.75 Å². The third-order valence-corrected chi connectivity index (χ3v) is 3.23. The van der Waals surface area contributed by atoms with Gasteiger partial charge in [-0.15, -0.1) is 0 Å². The van der Waals surface area contributed by atoms with E-state index >= 15 is 0 Å². The molecule has 1 aliphatic rings. The molecule has 0 fully saturated rings. The number of aromatic nitrogens is 2. The number of hydrogen-bond acceptors (Lipinski definition) is 2. The van der Waals surface area contributed by atoms with Crippen molar-refractivity contribution in [3.63, 3.8) is 0 Å². The van der Waals surface area contributed by atoms with Crippen molar-refractivity contribution >= 4 is 12.2 Å². The van der Waals surface area contributed by atoms with E-state index in [-0.39, 0.29) is 0 Å². The Morgan fingerprint density at radius 1 is 1.25 bits per heavy atom. The molecule has 1 heterocycles. The van der Waals surface area contributed by atoms with Crippen LogP contribution in [-0.4, -0.2) is 17.1 Å². The smallest absolute Gasteiger partial charge is 0.175 e. The van der Waals surface area contributed by atoms with Gasteiger partial charge in [0.2, 0.25) is 0 Å². The summed E-state index contributed by atoms with van der Waals surface area (Å²) in [5, 5.41) is 0. The first kappa shape index (κ1) is 9.66. The van der Waals surface area contributed by atoms with E-state index in [4.69, 9.17) is 17.0 Å². The fourth-order valence-corrected chi connectivity index (χ4v) is 2.47. The highest BCUT2D eigenvalue weighted by Gasteiger charge is 2.18. The molecule has 2 N–H and O–H groups in total. The van der Waals surface area contributed by atoms with Crippen LogP contribution in [0.25, 0.3) is 11.3 Å². The van der Waals surface area contributed by atoms with Crippen LogP contribution in [0.4, 0.5) is 0 Å². The van der Waals surface area contributed by atoms with Crippen LogP contribution in [0.15, 0.2) is 18.2 Å². The molecule has 1 aromatic heterocycles. The molecule has 0 radical (unpaired) electrons. The fourth-order valence-electron chi connectivity index (χ4n) is 2.24. The maximum absolute atomic E-state index is 5.23. The molecule has 0 atom stereocenters. The van der Waals surface area contributed by atoms with Crippen molar-refractivity contribution in [3.05, 3.63) is 34.2 Å². The van der Waals surface area contributed by atoms with Crippen molar-refractivity contribution in [1.82, 2.24) is 9.97 Å². The Morgan fingerprint density at radius 3 is 2.94 bits per heavy atom. The second kappa shape index (κ2) is 3.49. The summed E-state index contributed by atoms with van der Waals surface area (Å²) in [5.41, 5.74) is 4.89. The Kier molecular flexibility index (Phi) is 2.11. The molecule has 0 unspecified atom stereocenters. The second-order valence-electron chi connectivity index (χ2n) is 3.96. The SMILES string of the molecule is COc1ccc2c(c1)CCc1[nH]c(=S)[nH]c1-2. The summed E-state index contributed by atoms with van der Waals surface area (Å²) in [6.07, 6.45) is 2.03. The molecular weight excluding hydrogens is 220 g/mol. The highest BCUT2D eigenvalue weighted by atomic mass is 32.1. The molecule has 1 aromatic carbocycles. The molecule has 16 heavy (non-hydrogen) atoms. The summed E-state index contributed by atoms with van der Waals surface area (Å²) in [6, 6.07) is 6.17. The Bertz CT molecular complexity index is 597. The number of imidazole rings is 1. The zero-order valence-corrected chi connectivity index (χ0v) is 9.78. The number of H-pyrrole nitrogens is 2. The van der Waals surface area contributed by atoms with E-state index in [0.717, 1.165) is 24.3 Å². The van der Waals surface area contributed by atoms with Crippen LogP contribution in [0.5, 0.6) is 5.75 Å². The lowest BCUT2D eigenvalue weighted by Gasteiger charge is -2.16. The van der Waals surface area contributed by atoms with Gasteiger partial charge in [-0.1, -0.05) is 0 Å². The second-order valence-corrected chi connectivity index (χ2v) is 4.36. The summed E-state index contributed by atoms with van der Waals surface area (Å²) in [5.74, 6) is 0.913. The van der Waals surface area contributed by atoms with Crippen molar-refractivity contribution in [2.45, 2.75) is 12.8 Å². The summed E-state index contributed by atoms with van der Waals surface area (Å²) in [6.45, 7) is 0. The van der Waals surface area contributed by atoms with Gasteiger partial charge in [-0.05, 0) is 48.8 Å². The molecule has 0 bridgehead atoms. The van der Waals surface area contributed by atoms with Gasteiger partial charge in [0.25, 0.3) is 0 Å². The minimum absolute atomic E-state index is 0.702. The summed E-state index contributed by atoms with van der Waals surface area (Å²) < 4.78 is 5.94. The molecule has 0 saturated carbocycles. The van der Waals surface area contributed by atoms with Crippen LogP contribution in [0.2, 0.25) is 0 Å². The van der Waals surface area contributed by atoms with Crippen LogP contribution in [-0.2, 0) is 12.8 Å². The van der Waals surface area contributed by atoms with E-state index in [1.165, 1.54) is 16.8 Å². The molecule has 1 aliphatic carbocycles. The Balaban J connectivity index is 2.21. The highest BCUT2D eigenvalue weighted by Crippen LogP contribution is 2.33. The van der Waals surface area contributed by atoms with Crippen molar-refractivity contribution in [2.24, 2.45) is 0 Å². The molecule has 0 spiro atoms. The molecule has 0 saturated heterocycles. The largest absolute Gasteiger partial charge is 0.497 e. The van der Waals surface area contributed by atoms with Gasteiger partial charge in [0.05, 0.1) is 12.8 Å². The van der Waals surface area contributed by atoms with Crippen molar-refractivity contribution in [1.29, 1.82) is 0 Å². The first-order valence-electron chi connectivity index (χ1n) is 5.26. The molecule has 3 rings (SSSR count). The normalized spacial score (nSPS) is 13.1. The molecule has 0 amide bonds. The first-order chi connectivity index (χ1) is 7.78. The number of aryl methyl sites for hydroxylation is 2. The average molecular weight is 232 g/mol. The van der Waals surface area contributed by atoms with Gasteiger partial charge in [-0.2, -0.15) is 0 Å². The number of benzene rings is 1. The van der Waals surface area contributed by atoms with E-state index in [9.17, 15) is 0 Å². The van der Waals surface area contributed by atoms with Gasteiger partial charge < -0.3 is 14.7 Å². The molecule has 4 heteroatoms. The van der Waals surface area contributed by atoms with Crippen LogP contribution < -0.4 is 4.74 Å². The Morgan fingerprint density at radius 2 is 2.12 bits per heavy atom. The summed E-state index contributed by atoms with van der Waals surface area (Å²) >= 11 is 5.12. The Hall–Kier alpha value is -1.55. The number of fused-ring (bicyclic) bond motifs is 3. The lowest BCUT2D eigenvalue weighted by Crippen LogP contribution is -2.03. The molecule has 0 aliphatic heterocycles. The number of aromatic amines is 2. The minimum Gasteiger partial charge on any atom is -0.497 e. The molecule has 3 nitrogen and oxygen atoms in total. The number of rotatable bonds is 1. The van der Waals surface area contributed by atoms with E-state index in [2.05, 4.69) is 22.1 Å². The maximum Gasteiger partial charge on any atom is 0.175 e. The number of methoxy groups -OCH3 is 1. The first-order valence-corrected chi connectivity index (χ1v) is 5.67. The van der Waals surface area contributed by atoms with Crippen LogP contribution >= 0.6 is 12.2 Å². The zero-order valence-electron chi connectivity index (χ0n) is 8.96. The zero-order chi connectivity index (χ0) is 11.1. The number of hydrogen-bond donors (Lipinski definition) is 2. The predicted octanol–water partition coefficient (Wildman–Crippen LogP) is 2.85. The molecule has 2 aromatic rings. The quantitative estimate of drug-likeness (QED) is 0.742. The molecule has 82 valence electrons. The van der Waals surface area contributed by atoms with Crippen LogP contribution in [0, 0.1) is 4.77 Å². The van der Waals surface area contributed by atoms with E-state index < -0.39 is 0 Å². The van der Waals surface area contributed by atoms with Crippen molar-refractivity contribution in [2.75, 3.05) is 7.11 Å². The Labute approximate surface area is 98.5 Å². The van der Waals surface area contributed by atoms with Crippen molar-refractivity contribution in [3.8, 4) is 17.0 Å². The summed E-state index contributed by atoms with van der Waals surface area (Å²) in [4.78, 5) is 6.40. The van der Waals surface area contributed by atoms with E-state index in [1.807, 2.05) is 6.07 Å². The van der Waals surface area contributed by atoms with Gasteiger partial charge >= 0.3 is 0 Å². The number of nitrogens with one attached hydrogen (secondary N) is 2. The average Bonchev–Trinajstić information content (AvgIpc) is 2.69. The topological polar surface area (TPSA) is 40.8 Å². The maximum atomic E-state index is 5.23. The highest BCUT2D eigenvalue weighted by molar-refractivity contribution is 7.71. The lowest BCUT2D eigenvalue weighted by molar-refractivity contribution is 0.414. The van der Waals surface area contributed by atoms with E-state index in [1.54, 1.807) is 7.11 Å². The lowest BCUT2D eigenvalue weighted by atomic mass is 9.92. The van der Waals surface area contributed by atoms with Crippen LogP contribution in [0.3, 0.4) is 0 Å². The predicted molar refractivity (Wildman–Crippen MR) is 65.4 cm³/mol. The monoisotopic (exact) mass is 232 g/mol.